The summed E-state index contributed by atoms with van der Waals surface area (Å²) in [4.78, 5) is 24.6. The maximum Gasteiger partial charge on any atom is 0.260 e. The predicted octanol–water partition coefficient (Wildman–Crippen LogP) is 1.05. The number of rotatable bonds is 6. The number of benzene rings is 1. The quantitative estimate of drug-likeness (QED) is 0.835. The summed E-state index contributed by atoms with van der Waals surface area (Å²) in [5.41, 5.74) is 0. The molecule has 1 rings (SSSR count). The summed E-state index contributed by atoms with van der Waals surface area (Å²) in [6.07, 6.45) is 0. The highest BCUT2D eigenvalue weighted by Gasteiger charge is 2.13. The van der Waals surface area contributed by atoms with E-state index in [9.17, 15) is 9.59 Å². The van der Waals surface area contributed by atoms with Gasteiger partial charge in [0, 0.05) is 13.1 Å². The minimum absolute atomic E-state index is 0.0369. The van der Waals surface area contributed by atoms with Crippen LogP contribution in [0.15, 0.2) is 30.3 Å². The van der Waals surface area contributed by atoms with Gasteiger partial charge in [-0.15, -0.1) is 0 Å². The van der Waals surface area contributed by atoms with E-state index in [1.165, 1.54) is 4.90 Å². The number of nitrogens with one attached hydrogen (secondary N) is 1. The second-order valence-corrected chi connectivity index (χ2v) is 4.57. The third kappa shape index (κ3) is 5.90. The SMILES string of the molecule is CC(C)NC(=O)CN(C)C(=O)COc1ccccc1. The molecule has 0 radical (unpaired) electrons. The molecule has 104 valence electrons. The Kier molecular flexibility index (Phi) is 5.85. The molecule has 0 saturated carbocycles. The van der Waals surface area contributed by atoms with Crippen LogP contribution in [0.2, 0.25) is 0 Å². The summed E-state index contributed by atoms with van der Waals surface area (Å²) in [6, 6.07) is 9.16. The molecular formula is C14H20N2O3. The topological polar surface area (TPSA) is 58.6 Å². The number of ether oxygens (including phenoxy) is 1. The molecule has 0 heterocycles. The lowest BCUT2D eigenvalue weighted by Crippen LogP contribution is -2.42. The minimum Gasteiger partial charge on any atom is -0.484 e. The molecule has 0 saturated heterocycles. The van der Waals surface area contributed by atoms with Gasteiger partial charge in [-0.3, -0.25) is 9.59 Å². The summed E-state index contributed by atoms with van der Waals surface area (Å²) in [5, 5.41) is 2.73. The van der Waals surface area contributed by atoms with E-state index in [1.807, 2.05) is 32.0 Å². The van der Waals surface area contributed by atoms with E-state index in [4.69, 9.17) is 4.74 Å². The van der Waals surface area contributed by atoms with Crippen LogP contribution < -0.4 is 10.1 Å². The van der Waals surface area contributed by atoms with E-state index in [-0.39, 0.29) is 31.0 Å². The van der Waals surface area contributed by atoms with Gasteiger partial charge in [-0.05, 0) is 26.0 Å². The standard InChI is InChI=1S/C14H20N2O3/c1-11(2)15-13(17)9-16(3)14(18)10-19-12-7-5-4-6-8-12/h4-8,11H,9-10H2,1-3H3,(H,15,17). The zero-order valence-corrected chi connectivity index (χ0v) is 11.6. The third-order valence-corrected chi connectivity index (χ3v) is 2.36. The average molecular weight is 264 g/mol. The molecule has 1 aromatic rings. The fraction of sp³-hybridized carbons (Fsp3) is 0.429. The minimum atomic E-state index is -0.234. The number of likely N-dealkylation sites (N-methyl/N-ethyl adjacent to an activating group) is 1. The number of carbonyl (C=O) groups is 2. The van der Waals surface area contributed by atoms with Crippen molar-refractivity contribution >= 4 is 11.8 Å². The molecule has 0 aliphatic carbocycles. The highest BCUT2D eigenvalue weighted by molar-refractivity contribution is 5.85. The van der Waals surface area contributed by atoms with Crippen molar-refractivity contribution in [2.24, 2.45) is 0 Å². The smallest absolute Gasteiger partial charge is 0.260 e. The van der Waals surface area contributed by atoms with Crippen LogP contribution in [0.4, 0.5) is 0 Å². The summed E-state index contributed by atoms with van der Waals surface area (Å²) in [6.45, 7) is 3.71. The van der Waals surface area contributed by atoms with E-state index in [2.05, 4.69) is 5.32 Å². The van der Waals surface area contributed by atoms with Crippen LogP contribution in [0.1, 0.15) is 13.8 Å². The molecule has 19 heavy (non-hydrogen) atoms. The van der Waals surface area contributed by atoms with Gasteiger partial charge in [0.2, 0.25) is 5.91 Å². The van der Waals surface area contributed by atoms with Crippen molar-refractivity contribution in [3.63, 3.8) is 0 Å². The van der Waals surface area contributed by atoms with Crippen LogP contribution >= 0.6 is 0 Å². The summed E-state index contributed by atoms with van der Waals surface area (Å²) in [7, 11) is 1.58. The summed E-state index contributed by atoms with van der Waals surface area (Å²) in [5.74, 6) is 0.226. The highest BCUT2D eigenvalue weighted by Crippen LogP contribution is 2.07. The third-order valence-electron chi connectivity index (χ3n) is 2.36. The molecule has 0 atom stereocenters. The highest BCUT2D eigenvalue weighted by atomic mass is 16.5. The lowest BCUT2D eigenvalue weighted by molar-refractivity contribution is -0.136. The Balaban J connectivity index is 2.35. The molecule has 0 unspecified atom stereocenters. The van der Waals surface area contributed by atoms with Crippen molar-refractivity contribution in [2.45, 2.75) is 19.9 Å². The molecule has 0 spiro atoms. The van der Waals surface area contributed by atoms with Crippen LogP contribution in [0, 0.1) is 0 Å². The van der Waals surface area contributed by atoms with E-state index < -0.39 is 0 Å². The van der Waals surface area contributed by atoms with Gasteiger partial charge in [-0.1, -0.05) is 18.2 Å². The van der Waals surface area contributed by atoms with Gasteiger partial charge in [0.25, 0.3) is 5.91 Å². The molecule has 1 aromatic carbocycles. The number of amides is 2. The molecule has 5 heteroatoms. The fourth-order valence-electron chi connectivity index (χ4n) is 1.44. The predicted molar refractivity (Wildman–Crippen MR) is 72.9 cm³/mol. The van der Waals surface area contributed by atoms with Gasteiger partial charge >= 0.3 is 0 Å². The molecular weight excluding hydrogens is 244 g/mol. The van der Waals surface area contributed by atoms with Gasteiger partial charge < -0.3 is 15.0 Å². The largest absolute Gasteiger partial charge is 0.484 e. The van der Waals surface area contributed by atoms with Gasteiger partial charge in [-0.2, -0.15) is 0 Å². The lowest BCUT2D eigenvalue weighted by Gasteiger charge is -2.18. The molecule has 0 aromatic heterocycles. The van der Waals surface area contributed by atoms with Crippen LogP contribution in [0.25, 0.3) is 0 Å². The average Bonchev–Trinajstić information content (AvgIpc) is 2.36. The number of para-hydroxylation sites is 1. The zero-order chi connectivity index (χ0) is 14.3. The normalized spacial score (nSPS) is 10.1. The monoisotopic (exact) mass is 264 g/mol. The van der Waals surface area contributed by atoms with Crippen molar-refractivity contribution in [3.8, 4) is 5.75 Å². The molecule has 1 N–H and O–H groups in total. The van der Waals surface area contributed by atoms with Crippen molar-refractivity contribution < 1.29 is 14.3 Å². The number of hydrogen-bond donors (Lipinski definition) is 1. The van der Waals surface area contributed by atoms with E-state index >= 15 is 0 Å². The first kappa shape index (κ1) is 15.0. The first-order chi connectivity index (χ1) is 8.99. The number of nitrogens with zero attached hydrogens (tertiary/aromatic N) is 1. The Hall–Kier alpha value is -2.04. The van der Waals surface area contributed by atoms with Gasteiger partial charge in [0.05, 0.1) is 6.54 Å². The second-order valence-electron chi connectivity index (χ2n) is 4.57. The van der Waals surface area contributed by atoms with Gasteiger partial charge in [-0.25, -0.2) is 0 Å². The lowest BCUT2D eigenvalue weighted by atomic mass is 10.3. The van der Waals surface area contributed by atoms with Gasteiger partial charge in [0.15, 0.2) is 6.61 Å². The van der Waals surface area contributed by atoms with Crippen molar-refractivity contribution in [1.29, 1.82) is 0 Å². The molecule has 2 amide bonds. The Morgan fingerprint density at radius 1 is 1.26 bits per heavy atom. The molecule has 5 nitrogen and oxygen atoms in total. The van der Waals surface area contributed by atoms with E-state index in [0.29, 0.717) is 5.75 Å². The number of hydrogen-bond acceptors (Lipinski definition) is 3. The van der Waals surface area contributed by atoms with Crippen molar-refractivity contribution in [1.82, 2.24) is 10.2 Å². The van der Waals surface area contributed by atoms with Crippen LogP contribution in [0.5, 0.6) is 5.75 Å². The molecule has 0 aliphatic heterocycles. The molecule has 0 aliphatic rings. The van der Waals surface area contributed by atoms with Crippen molar-refractivity contribution in [2.75, 3.05) is 20.2 Å². The van der Waals surface area contributed by atoms with Crippen LogP contribution in [0.3, 0.4) is 0 Å². The first-order valence-electron chi connectivity index (χ1n) is 6.20. The summed E-state index contributed by atoms with van der Waals surface area (Å²) < 4.78 is 5.33. The van der Waals surface area contributed by atoms with Gasteiger partial charge in [0.1, 0.15) is 5.75 Å². The molecule has 0 bridgehead atoms. The Morgan fingerprint density at radius 3 is 2.47 bits per heavy atom. The zero-order valence-electron chi connectivity index (χ0n) is 11.6. The van der Waals surface area contributed by atoms with Crippen molar-refractivity contribution in [3.05, 3.63) is 30.3 Å². The van der Waals surface area contributed by atoms with Crippen LogP contribution in [-0.2, 0) is 9.59 Å². The maximum absolute atomic E-state index is 11.8. The maximum atomic E-state index is 11.8. The van der Waals surface area contributed by atoms with E-state index in [0.717, 1.165) is 0 Å². The fourth-order valence-corrected chi connectivity index (χ4v) is 1.44. The Bertz CT molecular complexity index is 418. The summed E-state index contributed by atoms with van der Waals surface area (Å²) >= 11 is 0. The Morgan fingerprint density at radius 2 is 1.89 bits per heavy atom. The van der Waals surface area contributed by atoms with Crippen LogP contribution in [-0.4, -0.2) is 43.0 Å². The number of carbonyl (C=O) groups excluding carboxylic acids is 2. The Labute approximate surface area is 113 Å². The first-order valence-corrected chi connectivity index (χ1v) is 6.20. The van der Waals surface area contributed by atoms with E-state index in [1.54, 1.807) is 19.2 Å². The molecule has 0 fully saturated rings. The second kappa shape index (κ2) is 7.41.